The van der Waals surface area contributed by atoms with E-state index in [9.17, 15) is 9.18 Å². The van der Waals surface area contributed by atoms with Gasteiger partial charge in [-0.2, -0.15) is 0 Å². The molecule has 0 saturated carbocycles. The second-order valence-electron chi connectivity index (χ2n) is 5.26. The minimum Gasteiger partial charge on any atom is -0.340 e. The Morgan fingerprint density at radius 3 is 2.81 bits per heavy atom. The van der Waals surface area contributed by atoms with Crippen LogP contribution < -0.4 is 5.73 Å². The van der Waals surface area contributed by atoms with Crippen LogP contribution >= 0.6 is 24.2 Å². The van der Waals surface area contributed by atoms with Gasteiger partial charge in [-0.1, -0.05) is 12.1 Å². The second kappa shape index (κ2) is 8.61. The first kappa shape index (κ1) is 18.3. The van der Waals surface area contributed by atoms with E-state index < -0.39 is 0 Å². The molecule has 2 unspecified atom stereocenters. The number of rotatable bonds is 5. The summed E-state index contributed by atoms with van der Waals surface area (Å²) >= 11 is 1.39. The van der Waals surface area contributed by atoms with Gasteiger partial charge in [0.05, 0.1) is 0 Å². The normalized spacial score (nSPS) is 21.2. The summed E-state index contributed by atoms with van der Waals surface area (Å²) in [6.07, 6.45) is 1.43. The van der Waals surface area contributed by atoms with Crippen molar-refractivity contribution in [2.24, 2.45) is 11.7 Å². The van der Waals surface area contributed by atoms with Crippen molar-refractivity contribution in [1.82, 2.24) is 4.90 Å². The van der Waals surface area contributed by atoms with Crippen molar-refractivity contribution in [3.63, 3.8) is 0 Å². The average molecular weight is 333 g/mol. The zero-order chi connectivity index (χ0) is 14.5. The van der Waals surface area contributed by atoms with Crippen molar-refractivity contribution in [3.8, 4) is 0 Å². The van der Waals surface area contributed by atoms with Gasteiger partial charge in [-0.3, -0.25) is 4.79 Å². The molecule has 3 nitrogen and oxygen atoms in total. The monoisotopic (exact) mass is 332 g/mol. The Kier molecular flexibility index (Phi) is 7.49. The number of carbonyl (C=O) groups excluding carboxylic acids is 1. The highest BCUT2D eigenvalue weighted by molar-refractivity contribution is 7.99. The highest BCUT2D eigenvalue weighted by atomic mass is 35.5. The molecule has 2 atom stereocenters. The smallest absolute Gasteiger partial charge is 0.223 e. The summed E-state index contributed by atoms with van der Waals surface area (Å²) in [5, 5.41) is 0. The van der Waals surface area contributed by atoms with E-state index in [0.29, 0.717) is 29.5 Å². The van der Waals surface area contributed by atoms with E-state index in [-0.39, 0.29) is 30.2 Å². The van der Waals surface area contributed by atoms with Crippen LogP contribution in [0.15, 0.2) is 29.2 Å². The van der Waals surface area contributed by atoms with E-state index >= 15 is 0 Å². The molecule has 0 aliphatic carbocycles. The van der Waals surface area contributed by atoms with Gasteiger partial charge >= 0.3 is 0 Å². The topological polar surface area (TPSA) is 46.3 Å². The molecule has 1 aromatic rings. The number of benzene rings is 1. The van der Waals surface area contributed by atoms with E-state index in [2.05, 4.69) is 6.92 Å². The van der Waals surface area contributed by atoms with Crippen LogP contribution in [0.3, 0.4) is 0 Å². The lowest BCUT2D eigenvalue weighted by molar-refractivity contribution is -0.131. The van der Waals surface area contributed by atoms with Crippen molar-refractivity contribution in [2.75, 3.05) is 18.8 Å². The molecular formula is C15H22ClFN2OS. The predicted octanol–water partition coefficient (Wildman–Crippen LogP) is 2.93. The number of halogens is 2. The standard InChI is InChI=1S/C15H21FN2OS.ClH/c1-11-8-12(9-17)10-18(11)15(19)6-7-20-14-5-3-2-4-13(14)16;/h2-5,11-12H,6-10,17H2,1H3;1H. The first-order valence-corrected chi connectivity index (χ1v) is 7.97. The van der Waals surface area contributed by atoms with Crippen molar-refractivity contribution >= 4 is 30.1 Å². The lowest BCUT2D eigenvalue weighted by atomic mass is 10.1. The summed E-state index contributed by atoms with van der Waals surface area (Å²) in [5.74, 6) is 0.962. The molecule has 21 heavy (non-hydrogen) atoms. The van der Waals surface area contributed by atoms with Crippen LogP contribution in [0.2, 0.25) is 0 Å². The Bertz CT molecular complexity index is 475. The maximum absolute atomic E-state index is 13.4. The highest BCUT2D eigenvalue weighted by Crippen LogP contribution is 2.25. The van der Waals surface area contributed by atoms with Gasteiger partial charge in [-0.25, -0.2) is 4.39 Å². The zero-order valence-corrected chi connectivity index (χ0v) is 13.8. The summed E-state index contributed by atoms with van der Waals surface area (Å²) in [4.78, 5) is 14.7. The first-order valence-electron chi connectivity index (χ1n) is 6.98. The molecule has 0 radical (unpaired) electrons. The fourth-order valence-corrected chi connectivity index (χ4v) is 3.49. The molecule has 1 amide bonds. The number of nitrogens with zero attached hydrogens (tertiary/aromatic N) is 1. The molecule has 1 aromatic carbocycles. The Hall–Kier alpha value is -0.780. The molecule has 1 saturated heterocycles. The molecule has 6 heteroatoms. The predicted molar refractivity (Wildman–Crippen MR) is 87.3 cm³/mol. The number of amides is 1. The summed E-state index contributed by atoms with van der Waals surface area (Å²) in [7, 11) is 0. The van der Waals surface area contributed by atoms with Crippen molar-refractivity contribution < 1.29 is 9.18 Å². The molecule has 0 spiro atoms. The third kappa shape index (κ3) is 4.87. The van der Waals surface area contributed by atoms with Crippen LogP contribution in [0.4, 0.5) is 4.39 Å². The summed E-state index contributed by atoms with van der Waals surface area (Å²) in [6.45, 7) is 3.47. The van der Waals surface area contributed by atoms with Gasteiger partial charge in [-0.05, 0) is 37.9 Å². The fraction of sp³-hybridized carbons (Fsp3) is 0.533. The SMILES string of the molecule is CC1CC(CN)CN1C(=O)CCSc1ccccc1F.Cl. The molecule has 118 valence electrons. The average Bonchev–Trinajstić information content (AvgIpc) is 2.82. The van der Waals surface area contributed by atoms with Gasteiger partial charge in [0.1, 0.15) is 5.82 Å². The minimum absolute atomic E-state index is 0. The number of nitrogens with two attached hydrogens (primary N) is 1. The van der Waals surface area contributed by atoms with E-state index in [0.717, 1.165) is 13.0 Å². The molecule has 1 aliphatic rings. The van der Waals surface area contributed by atoms with Crippen LogP contribution in [0.1, 0.15) is 19.8 Å². The molecule has 1 fully saturated rings. The zero-order valence-electron chi connectivity index (χ0n) is 12.1. The number of likely N-dealkylation sites (tertiary alicyclic amines) is 1. The van der Waals surface area contributed by atoms with E-state index in [4.69, 9.17) is 5.73 Å². The quantitative estimate of drug-likeness (QED) is 0.843. The van der Waals surface area contributed by atoms with Crippen LogP contribution in [-0.4, -0.2) is 35.7 Å². The minimum atomic E-state index is -0.220. The van der Waals surface area contributed by atoms with E-state index in [1.54, 1.807) is 12.1 Å². The summed E-state index contributed by atoms with van der Waals surface area (Å²) in [6, 6.07) is 6.94. The Morgan fingerprint density at radius 2 is 2.19 bits per heavy atom. The Balaban J connectivity index is 0.00000220. The maximum Gasteiger partial charge on any atom is 0.223 e. The fourth-order valence-electron chi connectivity index (χ4n) is 2.61. The van der Waals surface area contributed by atoms with Crippen LogP contribution in [0.5, 0.6) is 0 Å². The number of hydrogen-bond donors (Lipinski definition) is 1. The van der Waals surface area contributed by atoms with Gasteiger partial charge < -0.3 is 10.6 Å². The summed E-state index contributed by atoms with van der Waals surface area (Å²) < 4.78 is 13.4. The van der Waals surface area contributed by atoms with E-state index in [1.807, 2.05) is 11.0 Å². The molecule has 2 N–H and O–H groups in total. The number of hydrogen-bond acceptors (Lipinski definition) is 3. The van der Waals surface area contributed by atoms with Gasteiger partial charge in [0.15, 0.2) is 0 Å². The molecular weight excluding hydrogens is 311 g/mol. The lowest BCUT2D eigenvalue weighted by Crippen LogP contribution is -2.34. The van der Waals surface area contributed by atoms with Crippen LogP contribution in [0.25, 0.3) is 0 Å². The van der Waals surface area contributed by atoms with Crippen LogP contribution in [0, 0.1) is 11.7 Å². The highest BCUT2D eigenvalue weighted by Gasteiger charge is 2.30. The Morgan fingerprint density at radius 1 is 1.48 bits per heavy atom. The second-order valence-corrected chi connectivity index (χ2v) is 6.40. The van der Waals surface area contributed by atoms with Gasteiger partial charge in [-0.15, -0.1) is 24.2 Å². The first-order chi connectivity index (χ1) is 9.61. The molecule has 0 aromatic heterocycles. The Labute approximate surface area is 135 Å². The molecule has 1 aliphatic heterocycles. The third-order valence-corrected chi connectivity index (χ3v) is 4.78. The van der Waals surface area contributed by atoms with Crippen molar-refractivity contribution in [2.45, 2.75) is 30.7 Å². The van der Waals surface area contributed by atoms with E-state index in [1.165, 1.54) is 17.8 Å². The van der Waals surface area contributed by atoms with Crippen molar-refractivity contribution in [1.29, 1.82) is 0 Å². The number of carbonyl (C=O) groups is 1. The number of thioether (sulfide) groups is 1. The molecule has 1 heterocycles. The molecule has 0 bridgehead atoms. The molecule has 2 rings (SSSR count). The lowest BCUT2D eigenvalue weighted by Gasteiger charge is -2.21. The largest absolute Gasteiger partial charge is 0.340 e. The van der Waals surface area contributed by atoms with Gasteiger partial charge in [0.2, 0.25) is 5.91 Å². The summed E-state index contributed by atoms with van der Waals surface area (Å²) in [5.41, 5.74) is 5.67. The van der Waals surface area contributed by atoms with Gasteiger partial charge in [0, 0.05) is 29.7 Å². The third-order valence-electron chi connectivity index (χ3n) is 3.73. The van der Waals surface area contributed by atoms with Crippen LogP contribution in [-0.2, 0) is 4.79 Å². The van der Waals surface area contributed by atoms with Gasteiger partial charge in [0.25, 0.3) is 0 Å². The van der Waals surface area contributed by atoms with Crippen molar-refractivity contribution in [3.05, 3.63) is 30.1 Å². The maximum atomic E-state index is 13.4.